The van der Waals surface area contributed by atoms with Gasteiger partial charge in [0.15, 0.2) is 0 Å². The molecule has 294 valence electrons. The molecule has 2 amide bonds. The van der Waals surface area contributed by atoms with E-state index < -0.39 is 23.1 Å². The van der Waals surface area contributed by atoms with Crippen molar-refractivity contribution in [1.29, 1.82) is 0 Å². The zero-order valence-corrected chi connectivity index (χ0v) is 33.6. The minimum absolute atomic E-state index is 0.0617. The normalized spacial score (nSPS) is 36.6. The van der Waals surface area contributed by atoms with Crippen LogP contribution in [0.3, 0.4) is 0 Å². The molecule has 0 spiro atoms. The molecule has 54 heavy (non-hydrogen) atoms. The summed E-state index contributed by atoms with van der Waals surface area (Å²) in [6.07, 6.45) is 10.6. The van der Waals surface area contributed by atoms with Crippen LogP contribution in [-0.2, 0) is 22.6 Å². The van der Waals surface area contributed by atoms with Gasteiger partial charge >= 0.3 is 5.97 Å². The Bertz CT molecular complexity index is 1770. The zero-order valence-electron chi connectivity index (χ0n) is 33.6. The van der Waals surface area contributed by atoms with Crippen LogP contribution in [0.2, 0.25) is 0 Å². The molecular formula is C46H63FN2O5. The van der Waals surface area contributed by atoms with E-state index in [4.69, 9.17) is 4.74 Å². The number of aliphatic hydroxyl groups excluding tert-OH is 1. The first-order valence-corrected chi connectivity index (χ1v) is 20.8. The van der Waals surface area contributed by atoms with Crippen molar-refractivity contribution in [2.75, 3.05) is 7.11 Å². The van der Waals surface area contributed by atoms with E-state index in [9.17, 15) is 19.5 Å². The van der Waals surface area contributed by atoms with Crippen LogP contribution in [0.5, 0.6) is 0 Å². The third-order valence-corrected chi connectivity index (χ3v) is 16.4. The fraction of sp³-hybridized carbons (Fsp3) is 0.674. The molecule has 5 fully saturated rings. The maximum Gasteiger partial charge on any atom is 0.337 e. The lowest BCUT2D eigenvalue weighted by molar-refractivity contribution is -0.217. The average molecular weight is 743 g/mol. The molecule has 8 heteroatoms. The van der Waals surface area contributed by atoms with Gasteiger partial charge in [-0.05, 0) is 157 Å². The maximum absolute atomic E-state index is 15.0. The maximum atomic E-state index is 15.0. The van der Waals surface area contributed by atoms with Gasteiger partial charge in [0.25, 0.3) is 5.91 Å². The van der Waals surface area contributed by atoms with Gasteiger partial charge in [0.05, 0.1) is 29.8 Å². The van der Waals surface area contributed by atoms with Crippen molar-refractivity contribution in [2.45, 2.75) is 125 Å². The van der Waals surface area contributed by atoms with Gasteiger partial charge in [-0.15, -0.1) is 0 Å². The number of nitrogens with one attached hydrogen (secondary N) is 2. The monoisotopic (exact) mass is 742 g/mol. The number of carbonyl (C=O) groups is 3. The molecule has 7 rings (SSSR count). The lowest BCUT2D eigenvalue weighted by atomic mass is 9.36. The van der Waals surface area contributed by atoms with Crippen molar-refractivity contribution in [2.24, 2.45) is 63.1 Å². The van der Waals surface area contributed by atoms with Gasteiger partial charge in [0.2, 0.25) is 5.91 Å². The highest BCUT2D eigenvalue weighted by Gasteiger charge is 2.68. The Labute approximate surface area is 322 Å². The number of amides is 2. The number of rotatable bonds is 8. The number of fused-ring (bicyclic) bond motifs is 7. The lowest BCUT2D eigenvalue weighted by Gasteiger charge is -2.69. The van der Waals surface area contributed by atoms with E-state index in [0.29, 0.717) is 58.1 Å². The average Bonchev–Trinajstić information content (AvgIpc) is 3.57. The van der Waals surface area contributed by atoms with Crippen LogP contribution < -0.4 is 10.6 Å². The summed E-state index contributed by atoms with van der Waals surface area (Å²) in [5.41, 5.74) is 1.68. The highest BCUT2D eigenvalue weighted by molar-refractivity contribution is 5.94. The number of methoxy groups -OCH3 is 1. The van der Waals surface area contributed by atoms with Crippen LogP contribution in [0, 0.1) is 68.9 Å². The Hall–Kier alpha value is -3.26. The van der Waals surface area contributed by atoms with E-state index in [1.807, 2.05) is 0 Å². The summed E-state index contributed by atoms with van der Waals surface area (Å²) in [7, 11) is 1.31. The number of carbonyl (C=O) groups excluding carboxylic acids is 3. The van der Waals surface area contributed by atoms with Gasteiger partial charge in [-0.25, -0.2) is 9.18 Å². The van der Waals surface area contributed by atoms with E-state index >= 15 is 4.39 Å². The number of ether oxygens (including phenoxy) is 1. The Morgan fingerprint density at radius 1 is 0.833 bits per heavy atom. The topological polar surface area (TPSA) is 105 Å². The number of benzene rings is 2. The second-order valence-corrected chi connectivity index (χ2v) is 19.4. The van der Waals surface area contributed by atoms with Gasteiger partial charge in [0, 0.05) is 13.1 Å². The molecule has 10 atom stereocenters. The second-order valence-electron chi connectivity index (χ2n) is 19.4. The molecule has 2 aromatic rings. The standard InChI is InChI=1S/C46H63FN2O5/c1-27(2)31-15-21-46(22-16-34-32(39(31)46)12-14-37-44(34,5)19-17-36-43(3,4)38(50)18-20-45(36,37)6)42(53)49-26-29-11-13-35(47)33(24-29)40(51)48-25-28-9-8-10-30(23-28)41(52)54-7/h8-11,13,23-24,27,31-32,34,36-39,50H,12,14-22,25-26H2,1-7H3,(H,48,51)(H,49,53). The molecule has 10 unspecified atom stereocenters. The molecule has 0 aliphatic heterocycles. The summed E-state index contributed by atoms with van der Waals surface area (Å²) in [5, 5.41) is 17.2. The Kier molecular flexibility index (Phi) is 10.4. The predicted octanol–water partition coefficient (Wildman–Crippen LogP) is 8.87. The molecule has 3 N–H and O–H groups in total. The fourth-order valence-electron chi connectivity index (χ4n) is 13.9. The Morgan fingerprint density at radius 3 is 2.28 bits per heavy atom. The van der Waals surface area contributed by atoms with E-state index in [2.05, 4.69) is 52.2 Å². The van der Waals surface area contributed by atoms with Crippen LogP contribution in [0.25, 0.3) is 0 Å². The first-order chi connectivity index (χ1) is 25.6. The summed E-state index contributed by atoms with van der Waals surface area (Å²) in [5.74, 6) is 2.14. The highest BCUT2D eigenvalue weighted by atomic mass is 19.1. The number of hydrogen-bond acceptors (Lipinski definition) is 5. The third kappa shape index (κ3) is 6.30. The van der Waals surface area contributed by atoms with E-state index in [0.717, 1.165) is 38.5 Å². The number of esters is 1. The largest absolute Gasteiger partial charge is 0.465 e. The fourth-order valence-corrected chi connectivity index (χ4v) is 13.9. The molecule has 5 aliphatic rings. The van der Waals surface area contributed by atoms with Crippen molar-refractivity contribution in [1.82, 2.24) is 10.6 Å². The van der Waals surface area contributed by atoms with Crippen molar-refractivity contribution >= 4 is 17.8 Å². The second kappa shape index (κ2) is 14.4. The minimum Gasteiger partial charge on any atom is -0.465 e. The first kappa shape index (κ1) is 39.0. The number of halogens is 1. The molecule has 0 saturated heterocycles. The summed E-state index contributed by atoms with van der Waals surface area (Å²) in [4.78, 5) is 39.7. The number of aliphatic hydroxyl groups is 1. The first-order valence-electron chi connectivity index (χ1n) is 20.8. The molecule has 5 aliphatic carbocycles. The van der Waals surface area contributed by atoms with Gasteiger partial charge in [-0.2, -0.15) is 0 Å². The third-order valence-electron chi connectivity index (χ3n) is 16.4. The molecule has 0 bridgehead atoms. The van der Waals surface area contributed by atoms with Gasteiger partial charge < -0.3 is 20.5 Å². The molecule has 2 aromatic carbocycles. The van der Waals surface area contributed by atoms with Crippen molar-refractivity contribution < 1.29 is 28.6 Å². The van der Waals surface area contributed by atoms with Crippen LogP contribution in [0.1, 0.15) is 138 Å². The van der Waals surface area contributed by atoms with E-state index in [1.165, 1.54) is 44.9 Å². The Morgan fingerprint density at radius 2 is 1.54 bits per heavy atom. The van der Waals surface area contributed by atoms with Crippen molar-refractivity contribution in [3.05, 3.63) is 70.5 Å². The van der Waals surface area contributed by atoms with Crippen molar-refractivity contribution in [3.63, 3.8) is 0 Å². The highest BCUT2D eigenvalue weighted by Crippen LogP contribution is 2.73. The van der Waals surface area contributed by atoms with Crippen LogP contribution in [0.15, 0.2) is 42.5 Å². The molecular weight excluding hydrogens is 680 g/mol. The van der Waals surface area contributed by atoms with Gasteiger partial charge in [-0.3, -0.25) is 9.59 Å². The summed E-state index contributed by atoms with van der Waals surface area (Å²) < 4.78 is 19.8. The minimum atomic E-state index is -0.626. The van der Waals surface area contributed by atoms with E-state index in [-0.39, 0.29) is 46.9 Å². The Balaban J connectivity index is 1.06. The van der Waals surface area contributed by atoms with E-state index in [1.54, 1.807) is 30.3 Å². The van der Waals surface area contributed by atoms with Gasteiger partial charge in [-0.1, -0.05) is 59.7 Å². The van der Waals surface area contributed by atoms with Crippen molar-refractivity contribution in [3.8, 4) is 0 Å². The molecule has 0 aromatic heterocycles. The molecule has 0 heterocycles. The predicted molar refractivity (Wildman–Crippen MR) is 208 cm³/mol. The summed E-state index contributed by atoms with van der Waals surface area (Å²) >= 11 is 0. The van der Waals surface area contributed by atoms with Crippen LogP contribution in [-0.4, -0.2) is 36.1 Å². The summed E-state index contributed by atoms with van der Waals surface area (Å²) in [6, 6.07) is 11.3. The van der Waals surface area contributed by atoms with Crippen LogP contribution >= 0.6 is 0 Å². The zero-order chi connectivity index (χ0) is 38.8. The molecule has 5 saturated carbocycles. The SMILES string of the molecule is COC(=O)c1cccc(CNC(=O)c2cc(CNC(=O)C34CCC(C(C)C)C3C3CCC5C(C)(CCC6C(C)(C)C(O)CCC65C)C3CC4)ccc2F)c1. The number of hydrogen-bond donors (Lipinski definition) is 3. The van der Waals surface area contributed by atoms with Crippen LogP contribution in [0.4, 0.5) is 4.39 Å². The quantitative estimate of drug-likeness (QED) is 0.235. The summed E-state index contributed by atoms with van der Waals surface area (Å²) in [6.45, 7) is 14.8. The smallest absolute Gasteiger partial charge is 0.337 e. The van der Waals surface area contributed by atoms with Gasteiger partial charge in [0.1, 0.15) is 5.82 Å². The molecule has 7 nitrogen and oxygen atoms in total. The lowest BCUT2D eigenvalue weighted by Crippen LogP contribution is -2.64. The molecule has 0 radical (unpaired) electrons.